The van der Waals surface area contributed by atoms with E-state index in [0.717, 1.165) is 47.6 Å². The van der Waals surface area contributed by atoms with Gasteiger partial charge in [-0.25, -0.2) is 9.97 Å². The van der Waals surface area contributed by atoms with Crippen molar-refractivity contribution in [2.45, 2.75) is 39.0 Å². The molecule has 0 aromatic carbocycles. The quantitative estimate of drug-likeness (QED) is 0.590. The van der Waals surface area contributed by atoms with Crippen molar-refractivity contribution in [3.05, 3.63) is 20.2 Å². The van der Waals surface area contributed by atoms with Crippen molar-refractivity contribution >= 4 is 34.2 Å². The summed E-state index contributed by atoms with van der Waals surface area (Å²) in [5.41, 5.74) is 1.09. The van der Waals surface area contributed by atoms with Gasteiger partial charge in [0, 0.05) is 19.1 Å². The van der Waals surface area contributed by atoms with Gasteiger partial charge in [0.05, 0.1) is 9.26 Å². The highest BCUT2D eigenvalue weighted by Crippen LogP contribution is 2.28. The summed E-state index contributed by atoms with van der Waals surface area (Å²) in [6.07, 6.45) is 2.95. The van der Waals surface area contributed by atoms with Crippen LogP contribution in [-0.2, 0) is 11.2 Å². The molecular weight excluding hydrogens is 363 g/mol. The summed E-state index contributed by atoms with van der Waals surface area (Å²) in [7, 11) is 0. The van der Waals surface area contributed by atoms with E-state index in [1.54, 1.807) is 0 Å². The molecule has 2 heterocycles. The molecule has 1 fully saturated rings. The smallest absolute Gasteiger partial charge is 0.146 e. The zero-order chi connectivity index (χ0) is 13.1. The Kier molecular flexibility index (Phi) is 5.21. The van der Waals surface area contributed by atoms with Crippen LogP contribution in [-0.4, -0.2) is 23.2 Å². The predicted octanol–water partition coefficient (Wildman–Crippen LogP) is 3.83. The first-order valence-electron chi connectivity index (χ1n) is 6.37. The first kappa shape index (κ1) is 14.5. The minimum absolute atomic E-state index is 0.402. The molecule has 1 aliphatic rings. The van der Waals surface area contributed by atoms with E-state index in [1.165, 1.54) is 0 Å². The highest BCUT2D eigenvalue weighted by atomic mass is 127. The minimum Gasteiger partial charge on any atom is -0.381 e. The second kappa shape index (κ2) is 6.48. The van der Waals surface area contributed by atoms with Crippen molar-refractivity contribution in [1.82, 2.24) is 9.97 Å². The molecule has 0 amide bonds. The Morgan fingerprint density at radius 1 is 1.33 bits per heavy atom. The van der Waals surface area contributed by atoms with Gasteiger partial charge >= 0.3 is 0 Å². The Hall–Kier alpha value is 0.0600. The van der Waals surface area contributed by atoms with E-state index in [0.29, 0.717) is 17.0 Å². The lowest BCUT2D eigenvalue weighted by molar-refractivity contribution is 0.0835. The monoisotopic (exact) mass is 380 g/mol. The van der Waals surface area contributed by atoms with Crippen LogP contribution in [0.3, 0.4) is 0 Å². The zero-order valence-electron chi connectivity index (χ0n) is 10.7. The lowest BCUT2D eigenvalue weighted by Gasteiger charge is -2.21. The van der Waals surface area contributed by atoms with Gasteiger partial charge in [0.25, 0.3) is 0 Å². The molecule has 0 aliphatic carbocycles. The molecule has 100 valence electrons. The highest BCUT2D eigenvalue weighted by Gasteiger charge is 2.21. The van der Waals surface area contributed by atoms with Crippen LogP contribution in [0.2, 0.25) is 5.15 Å². The first-order chi connectivity index (χ1) is 8.58. The highest BCUT2D eigenvalue weighted by molar-refractivity contribution is 14.1. The largest absolute Gasteiger partial charge is 0.381 e. The summed E-state index contributed by atoms with van der Waals surface area (Å²) in [5.74, 6) is 1.88. The SMILES string of the molecule is CC(C)Cc1nc(C2CCOCC2)nc(Cl)c1I. The van der Waals surface area contributed by atoms with Gasteiger partial charge in [0.2, 0.25) is 0 Å². The molecular formula is C13H18ClIN2O. The molecule has 0 unspecified atom stereocenters. The Morgan fingerprint density at radius 2 is 2.00 bits per heavy atom. The Labute approximate surface area is 127 Å². The maximum Gasteiger partial charge on any atom is 0.146 e. The number of halogens is 2. The van der Waals surface area contributed by atoms with Gasteiger partial charge in [0.15, 0.2) is 0 Å². The third kappa shape index (κ3) is 3.54. The van der Waals surface area contributed by atoms with Crippen molar-refractivity contribution in [3.8, 4) is 0 Å². The number of hydrogen-bond donors (Lipinski definition) is 0. The molecule has 0 N–H and O–H groups in total. The summed E-state index contributed by atoms with van der Waals surface area (Å²) < 4.78 is 6.38. The summed E-state index contributed by atoms with van der Waals surface area (Å²) in [6, 6.07) is 0. The Bertz CT molecular complexity index is 420. The molecule has 0 radical (unpaired) electrons. The van der Waals surface area contributed by atoms with E-state index in [4.69, 9.17) is 21.3 Å². The number of rotatable bonds is 3. The Balaban J connectivity index is 2.27. The summed E-state index contributed by atoms with van der Waals surface area (Å²) in [5, 5.41) is 0.600. The van der Waals surface area contributed by atoms with E-state index in [-0.39, 0.29) is 0 Å². The molecule has 5 heteroatoms. The molecule has 0 spiro atoms. The van der Waals surface area contributed by atoms with Crippen LogP contribution in [0.5, 0.6) is 0 Å². The fourth-order valence-electron chi connectivity index (χ4n) is 2.14. The van der Waals surface area contributed by atoms with Crippen molar-refractivity contribution < 1.29 is 4.74 Å². The van der Waals surface area contributed by atoms with E-state index >= 15 is 0 Å². The van der Waals surface area contributed by atoms with Crippen LogP contribution in [0.4, 0.5) is 0 Å². The van der Waals surface area contributed by atoms with Crippen molar-refractivity contribution in [2.24, 2.45) is 5.92 Å². The van der Waals surface area contributed by atoms with Crippen LogP contribution in [0, 0.1) is 9.49 Å². The average molecular weight is 381 g/mol. The van der Waals surface area contributed by atoms with Crippen molar-refractivity contribution in [3.63, 3.8) is 0 Å². The normalized spacial score (nSPS) is 17.4. The molecule has 1 saturated heterocycles. The summed E-state index contributed by atoms with van der Waals surface area (Å²) >= 11 is 8.48. The van der Waals surface area contributed by atoms with Gasteiger partial charge in [-0.15, -0.1) is 0 Å². The van der Waals surface area contributed by atoms with Crippen LogP contribution in [0.15, 0.2) is 0 Å². The van der Waals surface area contributed by atoms with Gasteiger partial charge in [-0.05, 0) is 47.8 Å². The van der Waals surface area contributed by atoms with Gasteiger partial charge in [-0.2, -0.15) is 0 Å². The fourth-order valence-corrected chi connectivity index (χ4v) is 2.80. The van der Waals surface area contributed by atoms with Crippen LogP contribution in [0.25, 0.3) is 0 Å². The Morgan fingerprint density at radius 3 is 2.61 bits per heavy atom. The van der Waals surface area contributed by atoms with Gasteiger partial charge in [-0.3, -0.25) is 0 Å². The predicted molar refractivity (Wildman–Crippen MR) is 81.1 cm³/mol. The maximum atomic E-state index is 6.23. The molecule has 1 aromatic rings. The summed E-state index contributed by atoms with van der Waals surface area (Å²) in [6.45, 7) is 5.99. The second-order valence-electron chi connectivity index (χ2n) is 5.12. The van der Waals surface area contributed by atoms with Crippen molar-refractivity contribution in [2.75, 3.05) is 13.2 Å². The molecule has 0 atom stereocenters. The number of hydrogen-bond acceptors (Lipinski definition) is 3. The lowest BCUT2D eigenvalue weighted by atomic mass is 9.99. The molecule has 0 saturated carbocycles. The topological polar surface area (TPSA) is 35.0 Å². The molecule has 3 nitrogen and oxygen atoms in total. The van der Waals surface area contributed by atoms with E-state index < -0.39 is 0 Å². The molecule has 1 aromatic heterocycles. The van der Waals surface area contributed by atoms with Crippen molar-refractivity contribution in [1.29, 1.82) is 0 Å². The standard InChI is InChI=1S/C13H18ClIN2O/c1-8(2)7-10-11(15)12(14)17-13(16-10)9-3-5-18-6-4-9/h8-9H,3-7H2,1-2H3. The van der Waals surface area contributed by atoms with E-state index in [9.17, 15) is 0 Å². The average Bonchev–Trinajstić information content (AvgIpc) is 2.35. The second-order valence-corrected chi connectivity index (χ2v) is 6.55. The maximum absolute atomic E-state index is 6.23. The summed E-state index contributed by atoms with van der Waals surface area (Å²) in [4.78, 5) is 9.19. The zero-order valence-corrected chi connectivity index (χ0v) is 13.7. The molecule has 1 aliphatic heterocycles. The van der Waals surface area contributed by atoms with Gasteiger partial charge in [-0.1, -0.05) is 25.4 Å². The van der Waals surface area contributed by atoms with Gasteiger partial charge < -0.3 is 4.74 Å². The van der Waals surface area contributed by atoms with Crippen LogP contribution in [0.1, 0.15) is 44.1 Å². The van der Waals surface area contributed by atoms with E-state index in [1.807, 2.05) is 0 Å². The number of ether oxygens (including phenoxy) is 1. The molecule has 18 heavy (non-hydrogen) atoms. The molecule has 2 rings (SSSR count). The third-order valence-corrected chi connectivity index (χ3v) is 4.81. The minimum atomic E-state index is 0.402. The first-order valence-corrected chi connectivity index (χ1v) is 7.83. The number of aromatic nitrogens is 2. The third-order valence-electron chi connectivity index (χ3n) is 3.08. The number of nitrogens with zero attached hydrogens (tertiary/aromatic N) is 2. The molecule has 0 bridgehead atoms. The van der Waals surface area contributed by atoms with Crippen LogP contribution >= 0.6 is 34.2 Å². The fraction of sp³-hybridized carbons (Fsp3) is 0.692. The lowest BCUT2D eigenvalue weighted by Crippen LogP contribution is -2.18. The van der Waals surface area contributed by atoms with Crippen LogP contribution < -0.4 is 0 Å². The van der Waals surface area contributed by atoms with E-state index in [2.05, 4.69) is 41.4 Å². The van der Waals surface area contributed by atoms with Gasteiger partial charge in [0.1, 0.15) is 11.0 Å².